The Hall–Kier alpha value is -0.900. The van der Waals surface area contributed by atoms with Gasteiger partial charge in [0, 0.05) is 0 Å². The summed E-state index contributed by atoms with van der Waals surface area (Å²) in [5, 5.41) is 14.8. The van der Waals surface area contributed by atoms with Gasteiger partial charge >= 0.3 is 0 Å². The van der Waals surface area contributed by atoms with Crippen LogP contribution in [0.1, 0.15) is 64.1 Å². The number of aryl methyl sites for hydroxylation is 2. The van der Waals surface area contributed by atoms with Gasteiger partial charge in [0.25, 0.3) is 0 Å². The van der Waals surface area contributed by atoms with Crippen LogP contribution in [0.5, 0.6) is 0 Å². The Morgan fingerprint density at radius 3 is 2.53 bits per heavy atom. The van der Waals surface area contributed by atoms with Crippen LogP contribution in [-0.4, -0.2) is 26.0 Å². The average molecular weight is 265 g/mol. The molecule has 0 bridgehead atoms. The average Bonchev–Trinajstić information content (AvgIpc) is 2.68. The number of aliphatic hydroxyl groups is 1. The van der Waals surface area contributed by atoms with Crippen LogP contribution in [0.15, 0.2) is 0 Å². The van der Waals surface area contributed by atoms with Crippen molar-refractivity contribution in [3.05, 3.63) is 11.6 Å². The maximum Gasteiger partial charge on any atom is 0.147 e. The molecule has 0 spiro atoms. The van der Waals surface area contributed by atoms with Crippen molar-refractivity contribution in [1.82, 2.24) is 14.8 Å². The van der Waals surface area contributed by atoms with Crippen LogP contribution in [0.25, 0.3) is 0 Å². The Kier molecular flexibility index (Phi) is 4.00. The Balaban J connectivity index is 2.22. The van der Waals surface area contributed by atoms with Crippen LogP contribution in [-0.2, 0) is 0 Å². The topological polar surface area (TPSA) is 50.9 Å². The lowest BCUT2D eigenvalue weighted by Gasteiger charge is -2.41. The van der Waals surface area contributed by atoms with Gasteiger partial charge in [-0.1, -0.05) is 27.2 Å². The first kappa shape index (κ1) is 14.5. The van der Waals surface area contributed by atoms with Gasteiger partial charge in [-0.2, -0.15) is 5.10 Å². The predicted octanol–water partition coefficient (Wildman–Crippen LogP) is 3.03. The summed E-state index contributed by atoms with van der Waals surface area (Å²) in [6.07, 6.45) is 3.88. The van der Waals surface area contributed by atoms with Gasteiger partial charge in [0.2, 0.25) is 0 Å². The molecule has 1 fully saturated rings. The van der Waals surface area contributed by atoms with Crippen molar-refractivity contribution in [1.29, 1.82) is 0 Å². The van der Waals surface area contributed by atoms with Crippen LogP contribution in [0.4, 0.5) is 0 Å². The monoisotopic (exact) mass is 265 g/mol. The van der Waals surface area contributed by atoms with Crippen molar-refractivity contribution in [2.24, 2.45) is 11.3 Å². The quantitative estimate of drug-likeness (QED) is 0.914. The summed E-state index contributed by atoms with van der Waals surface area (Å²) in [6, 6.07) is 0.0887. The second-order valence-corrected chi connectivity index (χ2v) is 6.64. The largest absolute Gasteiger partial charge is 0.391 e. The van der Waals surface area contributed by atoms with E-state index in [2.05, 4.69) is 30.9 Å². The summed E-state index contributed by atoms with van der Waals surface area (Å²) >= 11 is 0. The van der Waals surface area contributed by atoms with Gasteiger partial charge in [-0.3, -0.25) is 0 Å². The highest BCUT2D eigenvalue weighted by Crippen LogP contribution is 2.44. The summed E-state index contributed by atoms with van der Waals surface area (Å²) in [6.45, 7) is 10.8. The molecule has 1 aromatic rings. The minimum Gasteiger partial charge on any atom is -0.391 e. The minimum atomic E-state index is -0.288. The number of nitrogens with zero attached hydrogens (tertiary/aromatic N) is 3. The van der Waals surface area contributed by atoms with Gasteiger partial charge in [0.05, 0.1) is 12.1 Å². The van der Waals surface area contributed by atoms with Crippen LogP contribution in [0.2, 0.25) is 0 Å². The van der Waals surface area contributed by atoms with E-state index in [-0.39, 0.29) is 12.1 Å². The molecular weight excluding hydrogens is 238 g/mol. The van der Waals surface area contributed by atoms with Crippen molar-refractivity contribution >= 4 is 0 Å². The van der Waals surface area contributed by atoms with Crippen molar-refractivity contribution < 1.29 is 5.11 Å². The molecule has 1 heterocycles. The third-order valence-corrected chi connectivity index (χ3v) is 5.02. The SMILES string of the molecule is CCC(C)(C)C1CCC(O)C(n2nc(C)nc2C)C1. The molecular formula is C15H27N3O. The van der Waals surface area contributed by atoms with Gasteiger partial charge < -0.3 is 5.11 Å². The van der Waals surface area contributed by atoms with Gasteiger partial charge in [0.15, 0.2) is 0 Å². The van der Waals surface area contributed by atoms with Crippen molar-refractivity contribution in [3.63, 3.8) is 0 Å². The molecule has 3 atom stereocenters. The van der Waals surface area contributed by atoms with E-state index in [4.69, 9.17) is 0 Å². The lowest BCUT2D eigenvalue weighted by atomic mass is 9.68. The fourth-order valence-electron chi connectivity index (χ4n) is 3.24. The van der Waals surface area contributed by atoms with E-state index >= 15 is 0 Å². The molecule has 19 heavy (non-hydrogen) atoms. The molecule has 3 unspecified atom stereocenters. The lowest BCUT2D eigenvalue weighted by molar-refractivity contribution is 0.0137. The van der Waals surface area contributed by atoms with E-state index in [1.54, 1.807) is 0 Å². The van der Waals surface area contributed by atoms with Crippen molar-refractivity contribution in [2.75, 3.05) is 0 Å². The lowest BCUT2D eigenvalue weighted by Crippen LogP contribution is -2.37. The molecule has 4 heteroatoms. The summed E-state index contributed by atoms with van der Waals surface area (Å²) in [4.78, 5) is 4.37. The maximum atomic E-state index is 10.3. The van der Waals surface area contributed by atoms with Gasteiger partial charge in [-0.15, -0.1) is 0 Å². The van der Waals surface area contributed by atoms with Crippen LogP contribution in [0, 0.1) is 25.2 Å². The zero-order chi connectivity index (χ0) is 14.2. The van der Waals surface area contributed by atoms with Gasteiger partial charge in [-0.25, -0.2) is 9.67 Å². The van der Waals surface area contributed by atoms with Crippen molar-refractivity contribution in [3.8, 4) is 0 Å². The second-order valence-electron chi connectivity index (χ2n) is 6.64. The van der Waals surface area contributed by atoms with Crippen LogP contribution >= 0.6 is 0 Å². The second kappa shape index (κ2) is 5.23. The molecule has 0 aliphatic heterocycles. The zero-order valence-corrected chi connectivity index (χ0v) is 12.8. The van der Waals surface area contributed by atoms with Crippen LogP contribution in [0.3, 0.4) is 0 Å². The highest BCUT2D eigenvalue weighted by molar-refractivity contribution is 4.96. The molecule has 2 rings (SSSR count). The molecule has 0 saturated heterocycles. The zero-order valence-electron chi connectivity index (χ0n) is 12.8. The van der Waals surface area contributed by atoms with E-state index in [0.717, 1.165) is 30.9 Å². The Labute approximate surface area is 116 Å². The van der Waals surface area contributed by atoms with E-state index in [1.165, 1.54) is 6.42 Å². The third-order valence-electron chi connectivity index (χ3n) is 5.02. The van der Waals surface area contributed by atoms with E-state index in [1.807, 2.05) is 18.5 Å². The number of aliphatic hydroxyl groups excluding tert-OH is 1. The highest BCUT2D eigenvalue weighted by Gasteiger charge is 2.38. The molecule has 108 valence electrons. The highest BCUT2D eigenvalue weighted by atomic mass is 16.3. The first-order valence-corrected chi connectivity index (χ1v) is 7.43. The predicted molar refractivity (Wildman–Crippen MR) is 76.0 cm³/mol. The Morgan fingerprint density at radius 2 is 2.00 bits per heavy atom. The molecule has 4 nitrogen and oxygen atoms in total. The summed E-state index contributed by atoms with van der Waals surface area (Å²) in [5.41, 5.74) is 0.335. The molecule has 0 amide bonds. The molecule has 1 aromatic heterocycles. The third kappa shape index (κ3) is 2.83. The molecule has 0 aromatic carbocycles. The maximum absolute atomic E-state index is 10.3. The molecule has 1 saturated carbocycles. The fourth-order valence-corrected chi connectivity index (χ4v) is 3.24. The summed E-state index contributed by atoms with van der Waals surface area (Å²) in [7, 11) is 0. The Morgan fingerprint density at radius 1 is 1.32 bits per heavy atom. The Bertz CT molecular complexity index is 439. The molecule has 0 radical (unpaired) electrons. The minimum absolute atomic E-state index is 0.0887. The number of hydrogen-bond acceptors (Lipinski definition) is 3. The summed E-state index contributed by atoms with van der Waals surface area (Å²) < 4.78 is 1.94. The number of hydrogen-bond donors (Lipinski definition) is 1. The standard InChI is InChI=1S/C15H27N3O/c1-6-15(4,5)12-7-8-14(19)13(9-12)18-11(3)16-10(2)17-18/h12-14,19H,6-9H2,1-5H3. The normalized spacial score (nSPS) is 28.6. The van der Waals surface area contributed by atoms with Gasteiger partial charge in [0.1, 0.15) is 11.6 Å². The molecule has 1 aliphatic rings. The first-order chi connectivity index (χ1) is 8.85. The fraction of sp³-hybridized carbons (Fsp3) is 0.867. The molecule has 1 N–H and O–H groups in total. The van der Waals surface area contributed by atoms with Crippen LogP contribution < -0.4 is 0 Å². The van der Waals surface area contributed by atoms with E-state index in [0.29, 0.717) is 11.3 Å². The smallest absolute Gasteiger partial charge is 0.147 e. The molecule has 1 aliphatic carbocycles. The first-order valence-electron chi connectivity index (χ1n) is 7.43. The van der Waals surface area contributed by atoms with Crippen molar-refractivity contribution in [2.45, 2.75) is 72.4 Å². The summed E-state index contributed by atoms with van der Waals surface area (Å²) in [5.74, 6) is 2.35. The van der Waals surface area contributed by atoms with Gasteiger partial charge in [-0.05, 0) is 44.4 Å². The van der Waals surface area contributed by atoms with E-state index in [9.17, 15) is 5.11 Å². The van der Waals surface area contributed by atoms with E-state index < -0.39 is 0 Å². The number of aromatic nitrogens is 3. The number of rotatable bonds is 3.